The number of sulfone groups is 1. The molecule has 3 rings (SSSR count). The molecular weight excluding hydrogens is 362 g/mol. The summed E-state index contributed by atoms with van der Waals surface area (Å²) in [7, 11) is -3.04. The van der Waals surface area contributed by atoms with E-state index in [4.69, 9.17) is 0 Å². The minimum atomic E-state index is -3.04. The summed E-state index contributed by atoms with van der Waals surface area (Å²) in [6.45, 7) is 5.05. The number of nitrogens with zero attached hydrogens (tertiary/aromatic N) is 2. The maximum absolute atomic E-state index is 12.9. The molecule has 1 aliphatic heterocycles. The van der Waals surface area contributed by atoms with Crippen molar-refractivity contribution in [3.05, 3.63) is 59.4 Å². The molecule has 1 N–H and O–H groups in total. The van der Waals surface area contributed by atoms with Crippen LogP contribution in [0.5, 0.6) is 0 Å². The second kappa shape index (κ2) is 8.08. The second-order valence-electron chi connectivity index (χ2n) is 6.89. The largest absolute Gasteiger partial charge is 0.380 e. The molecule has 1 amide bonds. The molecule has 1 atom stereocenters. The summed E-state index contributed by atoms with van der Waals surface area (Å²) in [5.74, 6) is 0.0230. The van der Waals surface area contributed by atoms with Crippen molar-refractivity contribution < 1.29 is 13.2 Å². The summed E-state index contributed by atoms with van der Waals surface area (Å²) in [4.78, 5) is 18.7. The second-order valence-corrected chi connectivity index (χ2v) is 9.12. The van der Waals surface area contributed by atoms with Gasteiger partial charge in [-0.25, -0.2) is 8.42 Å². The predicted octanol–water partition coefficient (Wildman–Crippen LogP) is 2.65. The van der Waals surface area contributed by atoms with Gasteiger partial charge in [0, 0.05) is 31.5 Å². The van der Waals surface area contributed by atoms with Crippen molar-refractivity contribution in [3.63, 3.8) is 0 Å². The normalized spacial score (nSPS) is 18.2. The Morgan fingerprint density at radius 1 is 1.30 bits per heavy atom. The Morgan fingerprint density at radius 2 is 2.07 bits per heavy atom. The molecule has 1 aromatic carbocycles. The molecule has 1 aliphatic rings. The molecule has 0 bridgehead atoms. The van der Waals surface area contributed by atoms with E-state index in [1.165, 1.54) is 17.3 Å². The Morgan fingerprint density at radius 3 is 2.74 bits per heavy atom. The first-order valence-corrected chi connectivity index (χ1v) is 11.0. The van der Waals surface area contributed by atoms with Crippen molar-refractivity contribution in [1.82, 2.24) is 9.88 Å². The van der Waals surface area contributed by atoms with Gasteiger partial charge in [-0.05, 0) is 37.5 Å². The molecule has 144 valence electrons. The molecule has 0 spiro atoms. The average molecular weight is 388 g/mol. The van der Waals surface area contributed by atoms with Gasteiger partial charge in [0.05, 0.1) is 22.8 Å². The number of anilines is 1. The Kier molecular flexibility index (Phi) is 5.79. The molecule has 6 nitrogen and oxygen atoms in total. The maximum Gasteiger partial charge on any atom is 0.255 e. The van der Waals surface area contributed by atoms with Gasteiger partial charge in [-0.15, -0.1) is 0 Å². The first-order chi connectivity index (χ1) is 12.9. The van der Waals surface area contributed by atoms with Crippen LogP contribution in [0.15, 0.2) is 42.7 Å². The summed E-state index contributed by atoms with van der Waals surface area (Å²) in [6.07, 6.45) is 3.72. The average Bonchev–Trinajstić information content (AvgIpc) is 3.01. The van der Waals surface area contributed by atoms with Gasteiger partial charge >= 0.3 is 0 Å². The number of carbonyl (C=O) groups is 1. The standard InChI is InChI=1S/C20H25N3O3S/c1-3-23(19-8-9-27(25,26)14-19)20(24)17-10-18(13-21-11-17)22-12-16-7-5-4-6-15(16)2/h4-7,10-11,13,19,22H,3,8-9,12,14H2,1-2H3. The highest BCUT2D eigenvalue weighted by atomic mass is 32.2. The van der Waals surface area contributed by atoms with Crippen molar-refractivity contribution in [1.29, 1.82) is 0 Å². The minimum Gasteiger partial charge on any atom is -0.380 e. The van der Waals surface area contributed by atoms with Crippen molar-refractivity contribution in [2.45, 2.75) is 32.9 Å². The van der Waals surface area contributed by atoms with Crippen LogP contribution in [-0.2, 0) is 16.4 Å². The van der Waals surface area contributed by atoms with Crippen molar-refractivity contribution in [3.8, 4) is 0 Å². The van der Waals surface area contributed by atoms with Crippen molar-refractivity contribution in [2.24, 2.45) is 0 Å². The summed E-state index contributed by atoms with van der Waals surface area (Å²) in [5.41, 5.74) is 3.61. The quantitative estimate of drug-likeness (QED) is 0.824. The van der Waals surface area contributed by atoms with E-state index in [-0.39, 0.29) is 23.5 Å². The van der Waals surface area contributed by atoms with Gasteiger partial charge < -0.3 is 10.2 Å². The van der Waals surface area contributed by atoms with Gasteiger partial charge in [0.15, 0.2) is 9.84 Å². The van der Waals surface area contributed by atoms with E-state index >= 15 is 0 Å². The fraction of sp³-hybridized carbons (Fsp3) is 0.400. The molecule has 1 fully saturated rings. The molecule has 27 heavy (non-hydrogen) atoms. The minimum absolute atomic E-state index is 0.0469. The summed E-state index contributed by atoms with van der Waals surface area (Å²) in [5, 5.41) is 3.31. The van der Waals surface area contributed by atoms with E-state index in [0.717, 1.165) is 5.69 Å². The fourth-order valence-electron chi connectivity index (χ4n) is 3.41. The highest BCUT2D eigenvalue weighted by Gasteiger charge is 2.34. The molecular formula is C20H25N3O3S. The van der Waals surface area contributed by atoms with Crippen LogP contribution in [0.2, 0.25) is 0 Å². The number of benzene rings is 1. The molecule has 1 aromatic heterocycles. The van der Waals surface area contributed by atoms with Crippen molar-refractivity contribution in [2.75, 3.05) is 23.4 Å². The van der Waals surface area contributed by atoms with Gasteiger partial charge in [0.2, 0.25) is 0 Å². The molecule has 2 heterocycles. The Labute approximate surface area is 160 Å². The number of aryl methyl sites for hydroxylation is 1. The topological polar surface area (TPSA) is 79.4 Å². The van der Waals surface area contributed by atoms with Crippen LogP contribution in [0.4, 0.5) is 5.69 Å². The van der Waals surface area contributed by atoms with E-state index in [1.807, 2.05) is 19.1 Å². The maximum atomic E-state index is 12.9. The van der Waals surface area contributed by atoms with Gasteiger partial charge in [0.1, 0.15) is 0 Å². The lowest BCUT2D eigenvalue weighted by molar-refractivity contribution is 0.0708. The van der Waals surface area contributed by atoms with Gasteiger partial charge in [-0.1, -0.05) is 24.3 Å². The lowest BCUT2D eigenvalue weighted by atomic mass is 10.1. The van der Waals surface area contributed by atoms with Crippen LogP contribution < -0.4 is 5.32 Å². The molecule has 0 saturated carbocycles. The van der Waals surface area contributed by atoms with Gasteiger partial charge in [-0.3, -0.25) is 9.78 Å². The Bertz CT molecular complexity index is 928. The molecule has 0 radical (unpaired) electrons. The van der Waals surface area contributed by atoms with Crippen LogP contribution in [0.3, 0.4) is 0 Å². The third kappa shape index (κ3) is 4.66. The zero-order valence-electron chi connectivity index (χ0n) is 15.7. The molecule has 1 saturated heterocycles. The van der Waals surface area contributed by atoms with Crippen LogP contribution in [0.25, 0.3) is 0 Å². The molecule has 1 unspecified atom stereocenters. The predicted molar refractivity (Wildman–Crippen MR) is 107 cm³/mol. The molecule has 7 heteroatoms. The zero-order chi connectivity index (χ0) is 19.4. The van der Waals surface area contributed by atoms with Crippen LogP contribution >= 0.6 is 0 Å². The van der Waals surface area contributed by atoms with Gasteiger partial charge in [0.25, 0.3) is 5.91 Å². The first kappa shape index (κ1) is 19.4. The molecule has 2 aromatic rings. The number of hydrogen-bond donors (Lipinski definition) is 1. The Balaban J connectivity index is 1.72. The Hall–Kier alpha value is -2.41. The van der Waals surface area contributed by atoms with Crippen molar-refractivity contribution >= 4 is 21.4 Å². The van der Waals surface area contributed by atoms with Crippen LogP contribution in [0, 0.1) is 6.92 Å². The van der Waals surface area contributed by atoms with E-state index in [2.05, 4.69) is 29.4 Å². The number of pyridine rings is 1. The number of amides is 1. The number of nitrogens with one attached hydrogen (secondary N) is 1. The monoisotopic (exact) mass is 387 g/mol. The first-order valence-electron chi connectivity index (χ1n) is 9.14. The van der Waals surface area contributed by atoms with E-state index < -0.39 is 9.84 Å². The lowest BCUT2D eigenvalue weighted by Gasteiger charge is -2.27. The summed E-state index contributed by atoms with van der Waals surface area (Å²) < 4.78 is 23.5. The van der Waals surface area contributed by atoms with E-state index in [1.54, 1.807) is 17.2 Å². The number of hydrogen-bond acceptors (Lipinski definition) is 5. The third-order valence-electron chi connectivity index (χ3n) is 4.98. The fourth-order valence-corrected chi connectivity index (χ4v) is 5.14. The lowest BCUT2D eigenvalue weighted by Crippen LogP contribution is -2.41. The third-order valence-corrected chi connectivity index (χ3v) is 6.73. The number of rotatable bonds is 6. The summed E-state index contributed by atoms with van der Waals surface area (Å²) >= 11 is 0. The summed E-state index contributed by atoms with van der Waals surface area (Å²) in [6, 6.07) is 9.64. The van der Waals surface area contributed by atoms with E-state index in [9.17, 15) is 13.2 Å². The SMILES string of the molecule is CCN(C(=O)c1cncc(NCc2ccccc2C)c1)C1CCS(=O)(=O)C1. The number of aromatic nitrogens is 1. The van der Waals surface area contributed by atoms with Gasteiger partial charge in [-0.2, -0.15) is 0 Å². The van der Waals surface area contributed by atoms with Crippen LogP contribution in [0.1, 0.15) is 34.8 Å². The smallest absolute Gasteiger partial charge is 0.255 e. The highest BCUT2D eigenvalue weighted by molar-refractivity contribution is 7.91. The zero-order valence-corrected chi connectivity index (χ0v) is 16.5. The number of carbonyl (C=O) groups excluding carboxylic acids is 1. The highest BCUT2D eigenvalue weighted by Crippen LogP contribution is 2.21. The van der Waals surface area contributed by atoms with Crippen LogP contribution in [-0.4, -0.2) is 48.3 Å². The van der Waals surface area contributed by atoms with E-state index in [0.29, 0.717) is 25.1 Å². The molecule has 0 aliphatic carbocycles.